The van der Waals surface area contributed by atoms with Gasteiger partial charge >= 0.3 is 12.1 Å². The van der Waals surface area contributed by atoms with E-state index in [1.807, 2.05) is 39.0 Å². The first-order valence-corrected chi connectivity index (χ1v) is 12.6. The first kappa shape index (κ1) is 27.2. The van der Waals surface area contributed by atoms with Gasteiger partial charge in [0, 0.05) is 44.5 Å². The van der Waals surface area contributed by atoms with Crippen molar-refractivity contribution < 1.29 is 24.2 Å². The minimum Gasteiger partial charge on any atom is -0.457 e. The number of rotatable bonds is 3. The molecule has 1 aromatic rings. The second kappa shape index (κ2) is 13.0. The van der Waals surface area contributed by atoms with Gasteiger partial charge in [0.05, 0.1) is 17.5 Å². The predicted octanol–water partition coefficient (Wildman–Crippen LogP) is 3.83. The molecule has 1 saturated heterocycles. The van der Waals surface area contributed by atoms with Crippen LogP contribution in [0.5, 0.6) is 0 Å². The van der Waals surface area contributed by atoms with Crippen LogP contribution in [0.4, 0.5) is 4.79 Å². The van der Waals surface area contributed by atoms with E-state index in [-0.39, 0.29) is 24.3 Å². The molecule has 8 nitrogen and oxygen atoms in total. The van der Waals surface area contributed by atoms with Gasteiger partial charge in [0.15, 0.2) is 0 Å². The summed E-state index contributed by atoms with van der Waals surface area (Å²) in [5.74, 6) is -0.677. The minimum absolute atomic E-state index is 0.0250. The summed E-state index contributed by atoms with van der Waals surface area (Å²) >= 11 is 6.07. The molecule has 1 fully saturated rings. The van der Waals surface area contributed by atoms with Gasteiger partial charge in [-0.15, -0.1) is 0 Å². The Bertz CT molecular complexity index is 931. The third-order valence-electron chi connectivity index (χ3n) is 6.44. The second-order valence-electron chi connectivity index (χ2n) is 9.48. The number of hydrogen-bond donors (Lipinski definition) is 2. The van der Waals surface area contributed by atoms with Crippen LogP contribution in [0, 0.1) is 11.8 Å². The van der Waals surface area contributed by atoms with E-state index in [1.54, 1.807) is 23.4 Å². The highest BCUT2D eigenvalue weighted by atomic mass is 35.5. The summed E-state index contributed by atoms with van der Waals surface area (Å²) in [5.41, 5.74) is 1.61. The van der Waals surface area contributed by atoms with Crippen LogP contribution in [0.1, 0.15) is 45.6 Å². The van der Waals surface area contributed by atoms with Crippen LogP contribution >= 0.6 is 11.6 Å². The number of ether oxygens (including phenoxy) is 2. The molecule has 3 heterocycles. The van der Waals surface area contributed by atoms with Gasteiger partial charge in [0.2, 0.25) is 0 Å². The van der Waals surface area contributed by atoms with Crippen LogP contribution in [-0.4, -0.2) is 71.5 Å². The van der Waals surface area contributed by atoms with Crippen molar-refractivity contribution in [2.45, 2.75) is 58.3 Å². The molecule has 9 heteroatoms. The van der Waals surface area contributed by atoms with Crippen molar-refractivity contribution in [3.05, 3.63) is 46.8 Å². The van der Waals surface area contributed by atoms with Crippen LogP contribution in [0.2, 0.25) is 5.02 Å². The average Bonchev–Trinajstić information content (AvgIpc) is 2.83. The van der Waals surface area contributed by atoms with Crippen LogP contribution in [0.25, 0.3) is 6.08 Å². The lowest BCUT2D eigenvalue weighted by Crippen LogP contribution is -2.47. The normalized spacial score (nSPS) is 29.1. The zero-order valence-electron chi connectivity index (χ0n) is 20.7. The Morgan fingerprint density at radius 1 is 1.26 bits per heavy atom. The van der Waals surface area contributed by atoms with Gasteiger partial charge in [-0.2, -0.15) is 0 Å². The standard InChI is InChI=1S/C26H36ClN3O5/c1-17-4-6-22(31)14-24(32)35-25(19(3)12-20-13-21(27)16-29-15-20)18(2)5-7-23(17)34-26(33)30-10-8-28-9-11-30/h5,7,12-13,15-18,22-23,25,28,31H,4,6,8-11,14H2,1-3H3/b7-5?,19-12+. The van der Waals surface area contributed by atoms with E-state index < -0.39 is 24.3 Å². The SMILES string of the molecule is C/C(=C\c1cncc(Cl)c1)C1OC(=O)CC(O)CCC(C)C(OC(=O)N2CCNCC2)C=CC1C. The Morgan fingerprint density at radius 2 is 2.00 bits per heavy atom. The summed E-state index contributed by atoms with van der Waals surface area (Å²) in [6.45, 7) is 8.54. The Balaban J connectivity index is 1.83. The number of esters is 1. The number of piperazine rings is 1. The Hall–Kier alpha value is -2.42. The number of carbonyl (C=O) groups excluding carboxylic acids is 2. The number of hydrogen-bond acceptors (Lipinski definition) is 7. The summed E-state index contributed by atoms with van der Waals surface area (Å²) in [6.07, 6.45) is 7.71. The molecular weight excluding hydrogens is 470 g/mol. The maximum absolute atomic E-state index is 12.8. The van der Waals surface area contributed by atoms with Gasteiger partial charge in [-0.05, 0) is 49.0 Å². The lowest BCUT2D eigenvalue weighted by atomic mass is 9.91. The number of nitrogens with one attached hydrogen (secondary N) is 1. The summed E-state index contributed by atoms with van der Waals surface area (Å²) in [6, 6.07) is 1.78. The molecule has 5 atom stereocenters. The monoisotopic (exact) mass is 505 g/mol. The van der Waals surface area contributed by atoms with Gasteiger partial charge < -0.3 is 24.8 Å². The third-order valence-corrected chi connectivity index (χ3v) is 6.65. The lowest BCUT2D eigenvalue weighted by molar-refractivity contribution is -0.151. The zero-order chi connectivity index (χ0) is 25.4. The molecule has 0 spiro atoms. The number of amides is 1. The molecule has 2 aliphatic rings. The average molecular weight is 506 g/mol. The molecule has 0 radical (unpaired) electrons. The summed E-state index contributed by atoms with van der Waals surface area (Å²) in [5, 5.41) is 14.2. The first-order chi connectivity index (χ1) is 16.7. The van der Waals surface area contributed by atoms with Crippen molar-refractivity contribution in [1.82, 2.24) is 15.2 Å². The van der Waals surface area contributed by atoms with Crippen LogP contribution < -0.4 is 5.32 Å². The molecule has 1 aromatic heterocycles. The summed E-state index contributed by atoms with van der Waals surface area (Å²) in [7, 11) is 0. The maximum atomic E-state index is 12.8. The number of aromatic nitrogens is 1. The highest BCUT2D eigenvalue weighted by Gasteiger charge is 2.28. The fraction of sp³-hybridized carbons (Fsp3) is 0.577. The van der Waals surface area contributed by atoms with Gasteiger partial charge in [-0.25, -0.2) is 4.79 Å². The topological polar surface area (TPSA) is 101 Å². The quantitative estimate of drug-likeness (QED) is 0.475. The largest absolute Gasteiger partial charge is 0.457 e. The number of pyridine rings is 1. The Labute approximate surface area is 212 Å². The van der Waals surface area contributed by atoms with Gasteiger partial charge in [-0.1, -0.05) is 37.6 Å². The number of cyclic esters (lactones) is 1. The van der Waals surface area contributed by atoms with Crippen molar-refractivity contribution in [2.24, 2.45) is 11.8 Å². The molecule has 2 aliphatic heterocycles. The number of carbonyl (C=O) groups is 2. The molecule has 0 saturated carbocycles. The molecular formula is C26H36ClN3O5. The van der Waals surface area contributed by atoms with Crippen molar-refractivity contribution in [2.75, 3.05) is 26.2 Å². The number of halogens is 1. The van der Waals surface area contributed by atoms with Gasteiger partial charge in [0.1, 0.15) is 12.2 Å². The smallest absolute Gasteiger partial charge is 0.410 e. The number of nitrogens with zero attached hydrogens (tertiary/aromatic N) is 2. The van der Waals surface area contributed by atoms with E-state index in [4.69, 9.17) is 21.1 Å². The fourth-order valence-corrected chi connectivity index (χ4v) is 4.52. The third kappa shape index (κ3) is 8.33. The van der Waals surface area contributed by atoms with Crippen molar-refractivity contribution in [3.63, 3.8) is 0 Å². The van der Waals surface area contributed by atoms with Gasteiger partial charge in [-0.3, -0.25) is 9.78 Å². The van der Waals surface area contributed by atoms with Gasteiger partial charge in [0.25, 0.3) is 0 Å². The fourth-order valence-electron chi connectivity index (χ4n) is 4.34. The second-order valence-corrected chi connectivity index (χ2v) is 9.91. The van der Waals surface area contributed by atoms with E-state index in [1.165, 1.54) is 0 Å². The maximum Gasteiger partial charge on any atom is 0.410 e. The molecule has 35 heavy (non-hydrogen) atoms. The van der Waals surface area contributed by atoms with Crippen molar-refractivity contribution in [3.8, 4) is 0 Å². The Kier molecular flexibility index (Phi) is 10.1. The van der Waals surface area contributed by atoms with E-state index >= 15 is 0 Å². The lowest BCUT2D eigenvalue weighted by Gasteiger charge is -2.31. The van der Waals surface area contributed by atoms with Crippen molar-refractivity contribution in [1.29, 1.82) is 0 Å². The van der Waals surface area contributed by atoms with E-state index in [2.05, 4.69) is 10.3 Å². The Morgan fingerprint density at radius 3 is 2.71 bits per heavy atom. The molecule has 0 aromatic carbocycles. The molecule has 3 rings (SSSR count). The minimum atomic E-state index is -0.824. The first-order valence-electron chi connectivity index (χ1n) is 12.2. The highest BCUT2D eigenvalue weighted by molar-refractivity contribution is 6.30. The number of aliphatic hydroxyl groups is 1. The van der Waals surface area contributed by atoms with E-state index in [0.29, 0.717) is 31.0 Å². The molecule has 0 aliphatic carbocycles. The van der Waals surface area contributed by atoms with Crippen LogP contribution in [-0.2, 0) is 14.3 Å². The summed E-state index contributed by atoms with van der Waals surface area (Å²) < 4.78 is 11.7. The molecule has 2 N–H and O–H groups in total. The molecule has 192 valence electrons. The molecule has 0 bridgehead atoms. The molecule has 1 amide bonds. The number of aliphatic hydroxyl groups excluding tert-OH is 1. The van der Waals surface area contributed by atoms with Crippen LogP contribution in [0.15, 0.2) is 36.2 Å². The molecule has 5 unspecified atom stereocenters. The van der Waals surface area contributed by atoms with Crippen molar-refractivity contribution >= 4 is 29.7 Å². The van der Waals surface area contributed by atoms with Crippen LogP contribution in [0.3, 0.4) is 0 Å². The van der Waals surface area contributed by atoms with E-state index in [0.717, 1.165) is 24.2 Å². The predicted molar refractivity (Wildman–Crippen MR) is 135 cm³/mol. The highest BCUT2D eigenvalue weighted by Crippen LogP contribution is 2.26. The zero-order valence-corrected chi connectivity index (χ0v) is 21.4. The summed E-state index contributed by atoms with van der Waals surface area (Å²) in [4.78, 5) is 31.2. The van der Waals surface area contributed by atoms with E-state index in [9.17, 15) is 14.7 Å².